The minimum Gasteiger partial charge on any atom is -0.481 e. The van der Waals surface area contributed by atoms with Gasteiger partial charge in [-0.15, -0.1) is 0 Å². The maximum Gasteiger partial charge on any atom is 0.330 e. The van der Waals surface area contributed by atoms with Crippen molar-refractivity contribution in [1.29, 1.82) is 5.26 Å². The molecule has 0 aromatic carbocycles. The van der Waals surface area contributed by atoms with E-state index < -0.39 is 13.8 Å². The van der Waals surface area contributed by atoms with Crippen LogP contribution in [0.25, 0.3) is 0 Å². The summed E-state index contributed by atoms with van der Waals surface area (Å²) in [6.07, 6.45) is -0.479. The Morgan fingerprint density at radius 1 is 1.69 bits per heavy atom. The number of hydrogen-bond donors (Lipinski definition) is 2. The van der Waals surface area contributed by atoms with Crippen molar-refractivity contribution in [3.63, 3.8) is 0 Å². The Kier molecular flexibility index (Phi) is 4.05. The smallest absolute Gasteiger partial charge is 0.330 e. The SMILES string of the molecule is COc1nc(C#N)c(Br)cc1CP(=O)(O)O. The van der Waals surface area contributed by atoms with Gasteiger partial charge in [-0.1, -0.05) is 0 Å². The Morgan fingerprint density at radius 3 is 2.75 bits per heavy atom. The number of rotatable bonds is 3. The van der Waals surface area contributed by atoms with Crippen LogP contribution < -0.4 is 4.74 Å². The second kappa shape index (κ2) is 4.93. The number of halogens is 1. The Bertz CT molecular complexity index is 494. The zero-order valence-corrected chi connectivity index (χ0v) is 10.7. The molecule has 0 saturated carbocycles. The van der Waals surface area contributed by atoms with E-state index in [0.29, 0.717) is 4.47 Å². The second-order valence-electron chi connectivity index (χ2n) is 2.92. The molecule has 0 saturated heterocycles. The topological polar surface area (TPSA) is 103 Å². The summed E-state index contributed by atoms with van der Waals surface area (Å²) >= 11 is 3.08. The molecule has 1 aromatic heterocycles. The van der Waals surface area contributed by atoms with E-state index in [9.17, 15) is 4.57 Å². The third-order valence-corrected chi connectivity index (χ3v) is 3.05. The molecule has 86 valence electrons. The summed E-state index contributed by atoms with van der Waals surface area (Å²) in [6.45, 7) is 0. The van der Waals surface area contributed by atoms with E-state index in [1.807, 2.05) is 6.07 Å². The molecular weight excluding hydrogens is 299 g/mol. The number of ether oxygens (including phenoxy) is 1. The highest BCUT2D eigenvalue weighted by Crippen LogP contribution is 2.41. The van der Waals surface area contributed by atoms with Crippen molar-refractivity contribution in [3.05, 3.63) is 21.8 Å². The molecular formula is C8H8BrN2O4P. The highest BCUT2D eigenvalue weighted by atomic mass is 79.9. The van der Waals surface area contributed by atoms with Crippen molar-refractivity contribution in [2.75, 3.05) is 7.11 Å². The molecule has 0 spiro atoms. The lowest BCUT2D eigenvalue weighted by atomic mass is 10.2. The maximum atomic E-state index is 10.9. The lowest BCUT2D eigenvalue weighted by Gasteiger charge is -2.09. The van der Waals surface area contributed by atoms with Crippen LogP contribution in [0, 0.1) is 11.3 Å². The molecule has 0 fully saturated rings. The van der Waals surface area contributed by atoms with Gasteiger partial charge >= 0.3 is 7.60 Å². The molecule has 0 aliphatic rings. The standard InChI is InChI=1S/C8H8BrN2O4P/c1-15-8-5(4-16(12,13)14)2-6(9)7(3-10)11-8/h2H,4H2,1H3,(H2,12,13,14). The average molecular weight is 307 g/mol. The van der Waals surface area contributed by atoms with Gasteiger partial charge in [0.15, 0.2) is 5.69 Å². The first-order chi connectivity index (χ1) is 7.37. The van der Waals surface area contributed by atoms with Crippen LogP contribution in [0.5, 0.6) is 5.88 Å². The van der Waals surface area contributed by atoms with Crippen molar-refractivity contribution in [1.82, 2.24) is 4.98 Å². The average Bonchev–Trinajstić information content (AvgIpc) is 2.16. The minimum absolute atomic E-state index is 0.0445. The molecule has 6 nitrogen and oxygen atoms in total. The van der Waals surface area contributed by atoms with Crippen LogP contribution in [0.1, 0.15) is 11.3 Å². The van der Waals surface area contributed by atoms with Crippen LogP contribution in [0.4, 0.5) is 0 Å². The fourth-order valence-electron chi connectivity index (χ4n) is 1.10. The Labute approximate surface area is 100 Å². The Hall–Kier alpha value is -0.930. The van der Waals surface area contributed by atoms with Gasteiger partial charge in [-0.05, 0) is 22.0 Å². The number of aromatic nitrogens is 1. The molecule has 8 heteroatoms. The monoisotopic (exact) mass is 306 g/mol. The maximum absolute atomic E-state index is 10.9. The van der Waals surface area contributed by atoms with Crippen LogP contribution >= 0.6 is 23.5 Å². The summed E-state index contributed by atoms with van der Waals surface area (Å²) in [5.41, 5.74) is 0.355. The van der Waals surface area contributed by atoms with Crippen molar-refractivity contribution in [2.24, 2.45) is 0 Å². The summed E-state index contributed by atoms with van der Waals surface area (Å²) < 4.78 is 16.1. The van der Waals surface area contributed by atoms with Crippen molar-refractivity contribution < 1.29 is 19.1 Å². The normalized spacial score (nSPS) is 10.9. The van der Waals surface area contributed by atoms with Gasteiger partial charge in [0.2, 0.25) is 5.88 Å². The first-order valence-corrected chi connectivity index (χ1v) is 6.64. The van der Waals surface area contributed by atoms with Gasteiger partial charge < -0.3 is 14.5 Å². The predicted molar refractivity (Wildman–Crippen MR) is 59.0 cm³/mol. The van der Waals surface area contributed by atoms with Gasteiger partial charge in [0.05, 0.1) is 17.7 Å². The Morgan fingerprint density at radius 2 is 2.31 bits per heavy atom. The van der Waals surface area contributed by atoms with Crippen molar-refractivity contribution in [3.8, 4) is 11.9 Å². The third kappa shape index (κ3) is 3.29. The summed E-state index contributed by atoms with van der Waals surface area (Å²) in [5, 5.41) is 8.71. The van der Waals surface area contributed by atoms with E-state index in [-0.39, 0.29) is 17.1 Å². The molecule has 1 rings (SSSR count). The van der Waals surface area contributed by atoms with Crippen LogP contribution in [0.15, 0.2) is 10.5 Å². The van der Waals surface area contributed by atoms with E-state index in [4.69, 9.17) is 19.8 Å². The van der Waals surface area contributed by atoms with Crippen molar-refractivity contribution >= 4 is 23.5 Å². The molecule has 0 atom stereocenters. The summed E-state index contributed by atoms with van der Waals surface area (Å²) in [5.74, 6) is 0.0445. The predicted octanol–water partition coefficient (Wildman–Crippen LogP) is 1.40. The van der Waals surface area contributed by atoms with E-state index in [0.717, 1.165) is 0 Å². The molecule has 0 bridgehead atoms. The molecule has 1 heterocycles. The first kappa shape index (κ1) is 13.1. The highest BCUT2D eigenvalue weighted by molar-refractivity contribution is 9.10. The molecule has 0 aliphatic carbocycles. The van der Waals surface area contributed by atoms with Gasteiger partial charge in [-0.2, -0.15) is 5.26 Å². The van der Waals surface area contributed by atoms with E-state index >= 15 is 0 Å². The zero-order chi connectivity index (χ0) is 12.3. The number of nitriles is 1. The molecule has 1 aromatic rings. The lowest BCUT2D eigenvalue weighted by Crippen LogP contribution is -1.99. The summed E-state index contributed by atoms with van der Waals surface area (Å²) in [7, 11) is -2.87. The van der Waals surface area contributed by atoms with Gasteiger partial charge in [0.25, 0.3) is 0 Å². The zero-order valence-electron chi connectivity index (χ0n) is 8.21. The number of pyridine rings is 1. The molecule has 0 radical (unpaired) electrons. The van der Waals surface area contributed by atoms with Crippen LogP contribution in [-0.4, -0.2) is 21.9 Å². The second-order valence-corrected chi connectivity index (χ2v) is 5.42. The third-order valence-electron chi connectivity index (χ3n) is 1.69. The Balaban J connectivity index is 3.25. The van der Waals surface area contributed by atoms with Crippen LogP contribution in [0.3, 0.4) is 0 Å². The fourth-order valence-corrected chi connectivity index (χ4v) is 2.22. The molecule has 2 N–H and O–H groups in total. The molecule has 0 unspecified atom stereocenters. The van der Waals surface area contributed by atoms with Gasteiger partial charge in [0.1, 0.15) is 6.07 Å². The molecule has 16 heavy (non-hydrogen) atoms. The lowest BCUT2D eigenvalue weighted by molar-refractivity contribution is 0.366. The van der Waals surface area contributed by atoms with E-state index in [2.05, 4.69) is 20.9 Å². The van der Waals surface area contributed by atoms with Crippen LogP contribution in [-0.2, 0) is 10.7 Å². The number of methoxy groups -OCH3 is 1. The minimum atomic E-state index is -4.19. The quantitative estimate of drug-likeness (QED) is 0.818. The fraction of sp³-hybridized carbons (Fsp3) is 0.250. The van der Waals surface area contributed by atoms with Gasteiger partial charge in [0, 0.05) is 5.56 Å². The van der Waals surface area contributed by atoms with Crippen molar-refractivity contribution in [2.45, 2.75) is 6.16 Å². The summed E-state index contributed by atoms with van der Waals surface area (Å²) in [4.78, 5) is 21.5. The number of nitrogens with zero attached hydrogens (tertiary/aromatic N) is 2. The van der Waals surface area contributed by atoms with E-state index in [1.165, 1.54) is 13.2 Å². The first-order valence-electron chi connectivity index (χ1n) is 4.05. The molecule has 0 amide bonds. The van der Waals surface area contributed by atoms with Gasteiger partial charge in [-0.25, -0.2) is 4.98 Å². The van der Waals surface area contributed by atoms with Crippen LogP contribution in [0.2, 0.25) is 0 Å². The highest BCUT2D eigenvalue weighted by Gasteiger charge is 2.20. The van der Waals surface area contributed by atoms with E-state index in [1.54, 1.807) is 0 Å². The number of hydrogen-bond acceptors (Lipinski definition) is 4. The molecule has 0 aliphatic heterocycles. The largest absolute Gasteiger partial charge is 0.481 e. The summed E-state index contributed by atoms with van der Waals surface area (Å²) in [6, 6.07) is 3.25. The van der Waals surface area contributed by atoms with Gasteiger partial charge in [-0.3, -0.25) is 4.57 Å².